The third-order valence-corrected chi connectivity index (χ3v) is 4.59. The summed E-state index contributed by atoms with van der Waals surface area (Å²) in [5.41, 5.74) is 0.553. The average molecular weight is 254 g/mol. The highest BCUT2D eigenvalue weighted by Gasteiger charge is 2.32. The monoisotopic (exact) mass is 254 g/mol. The van der Waals surface area contributed by atoms with Gasteiger partial charge in [-0.2, -0.15) is 0 Å². The van der Waals surface area contributed by atoms with Crippen LogP contribution in [0.1, 0.15) is 65.7 Å². The van der Waals surface area contributed by atoms with Crippen LogP contribution >= 0.6 is 0 Å². The van der Waals surface area contributed by atoms with Crippen LogP contribution in [-0.4, -0.2) is 26.2 Å². The first kappa shape index (κ1) is 16.0. The molecule has 0 amide bonds. The molecule has 2 nitrogen and oxygen atoms in total. The van der Waals surface area contributed by atoms with Crippen LogP contribution in [-0.2, 0) is 0 Å². The summed E-state index contributed by atoms with van der Waals surface area (Å²) < 4.78 is 0. The zero-order valence-electron chi connectivity index (χ0n) is 12.9. The molecule has 2 unspecified atom stereocenters. The molecule has 1 fully saturated rings. The van der Waals surface area contributed by atoms with Crippen LogP contribution in [0, 0.1) is 11.3 Å². The lowest BCUT2D eigenvalue weighted by atomic mass is 9.82. The number of hydrogen-bond donors (Lipinski definition) is 2. The van der Waals surface area contributed by atoms with Gasteiger partial charge in [0.05, 0.1) is 0 Å². The van der Waals surface area contributed by atoms with Crippen LogP contribution in [0.2, 0.25) is 0 Å². The van der Waals surface area contributed by atoms with Gasteiger partial charge in [-0.1, -0.05) is 46.5 Å². The zero-order chi connectivity index (χ0) is 13.3. The van der Waals surface area contributed by atoms with E-state index < -0.39 is 0 Å². The standard InChI is InChI=1S/C16H34N2/c1-4-7-8-15(6-3)12-18-14-16(9-5-2)10-11-17-13-16/h15,17-18H,4-14H2,1-3H3. The first-order valence-electron chi connectivity index (χ1n) is 8.17. The van der Waals surface area contributed by atoms with E-state index in [2.05, 4.69) is 31.4 Å². The molecule has 0 aromatic rings. The van der Waals surface area contributed by atoms with Crippen LogP contribution in [0.15, 0.2) is 0 Å². The van der Waals surface area contributed by atoms with Gasteiger partial charge in [0.15, 0.2) is 0 Å². The molecule has 0 saturated carbocycles. The normalized spacial score (nSPS) is 25.5. The molecule has 1 rings (SSSR count). The van der Waals surface area contributed by atoms with Crippen molar-refractivity contribution in [2.75, 3.05) is 26.2 Å². The summed E-state index contributed by atoms with van der Waals surface area (Å²) in [6, 6.07) is 0. The van der Waals surface area contributed by atoms with Crippen molar-refractivity contribution in [2.45, 2.75) is 65.7 Å². The first-order valence-corrected chi connectivity index (χ1v) is 8.17. The molecule has 1 aliphatic heterocycles. The summed E-state index contributed by atoms with van der Waals surface area (Å²) in [6.45, 7) is 11.8. The second kappa shape index (κ2) is 8.92. The topological polar surface area (TPSA) is 24.1 Å². The molecule has 0 spiro atoms. The van der Waals surface area contributed by atoms with E-state index in [4.69, 9.17) is 0 Å². The summed E-state index contributed by atoms with van der Waals surface area (Å²) in [5.74, 6) is 0.887. The minimum atomic E-state index is 0.553. The fourth-order valence-corrected chi connectivity index (χ4v) is 3.26. The SMILES string of the molecule is CCCCC(CC)CNCC1(CCC)CCNC1. The van der Waals surface area contributed by atoms with Gasteiger partial charge < -0.3 is 10.6 Å². The van der Waals surface area contributed by atoms with Gasteiger partial charge in [0.1, 0.15) is 0 Å². The lowest BCUT2D eigenvalue weighted by Crippen LogP contribution is -2.38. The quantitative estimate of drug-likeness (QED) is 0.623. The molecule has 1 heterocycles. The Bertz CT molecular complexity index is 197. The van der Waals surface area contributed by atoms with E-state index in [1.165, 1.54) is 71.1 Å². The average Bonchev–Trinajstić information content (AvgIpc) is 2.83. The molecule has 0 aromatic heterocycles. The van der Waals surface area contributed by atoms with Crippen molar-refractivity contribution in [3.05, 3.63) is 0 Å². The Morgan fingerprint density at radius 3 is 2.61 bits per heavy atom. The zero-order valence-corrected chi connectivity index (χ0v) is 12.9. The van der Waals surface area contributed by atoms with Gasteiger partial charge in [0, 0.05) is 13.1 Å². The molecule has 0 aromatic carbocycles. The van der Waals surface area contributed by atoms with Crippen LogP contribution < -0.4 is 10.6 Å². The van der Waals surface area contributed by atoms with E-state index in [9.17, 15) is 0 Å². The number of nitrogens with one attached hydrogen (secondary N) is 2. The second-order valence-electron chi connectivity index (χ2n) is 6.22. The summed E-state index contributed by atoms with van der Waals surface area (Å²) in [5, 5.41) is 7.32. The van der Waals surface area contributed by atoms with E-state index in [1.54, 1.807) is 0 Å². The minimum Gasteiger partial charge on any atom is -0.316 e. The van der Waals surface area contributed by atoms with E-state index in [0.29, 0.717) is 5.41 Å². The maximum atomic E-state index is 3.77. The lowest BCUT2D eigenvalue weighted by Gasteiger charge is -2.29. The fourth-order valence-electron chi connectivity index (χ4n) is 3.26. The predicted octanol–water partition coefficient (Wildman–Crippen LogP) is 3.57. The third-order valence-electron chi connectivity index (χ3n) is 4.59. The van der Waals surface area contributed by atoms with E-state index in [0.717, 1.165) is 5.92 Å². The second-order valence-corrected chi connectivity index (χ2v) is 6.22. The predicted molar refractivity (Wildman–Crippen MR) is 81.0 cm³/mol. The highest BCUT2D eigenvalue weighted by atomic mass is 15.0. The van der Waals surface area contributed by atoms with Crippen molar-refractivity contribution in [3.8, 4) is 0 Å². The molecule has 108 valence electrons. The summed E-state index contributed by atoms with van der Waals surface area (Å²) in [6.07, 6.45) is 9.50. The molecular formula is C16H34N2. The fraction of sp³-hybridized carbons (Fsp3) is 1.00. The van der Waals surface area contributed by atoms with E-state index in [1.807, 2.05) is 0 Å². The van der Waals surface area contributed by atoms with Gasteiger partial charge in [-0.3, -0.25) is 0 Å². The van der Waals surface area contributed by atoms with Crippen LogP contribution in [0.3, 0.4) is 0 Å². The molecule has 0 bridgehead atoms. The van der Waals surface area contributed by atoms with Gasteiger partial charge in [0.25, 0.3) is 0 Å². The molecule has 2 atom stereocenters. The van der Waals surface area contributed by atoms with Crippen LogP contribution in [0.4, 0.5) is 0 Å². The Morgan fingerprint density at radius 2 is 2.06 bits per heavy atom. The highest BCUT2D eigenvalue weighted by molar-refractivity contribution is 4.89. The molecule has 1 aliphatic rings. The van der Waals surface area contributed by atoms with Crippen molar-refractivity contribution in [2.24, 2.45) is 11.3 Å². The Labute approximate surface area is 114 Å². The van der Waals surface area contributed by atoms with E-state index >= 15 is 0 Å². The highest BCUT2D eigenvalue weighted by Crippen LogP contribution is 2.30. The Kier molecular flexibility index (Phi) is 7.92. The lowest BCUT2D eigenvalue weighted by molar-refractivity contribution is 0.265. The molecule has 2 heteroatoms. The van der Waals surface area contributed by atoms with Gasteiger partial charge >= 0.3 is 0 Å². The molecule has 18 heavy (non-hydrogen) atoms. The Morgan fingerprint density at radius 1 is 1.22 bits per heavy atom. The van der Waals surface area contributed by atoms with Crippen molar-refractivity contribution in [1.29, 1.82) is 0 Å². The van der Waals surface area contributed by atoms with Gasteiger partial charge in [0.2, 0.25) is 0 Å². The summed E-state index contributed by atoms with van der Waals surface area (Å²) in [7, 11) is 0. The number of rotatable bonds is 10. The molecule has 0 aliphatic carbocycles. The van der Waals surface area contributed by atoms with E-state index in [-0.39, 0.29) is 0 Å². The van der Waals surface area contributed by atoms with Crippen molar-refractivity contribution >= 4 is 0 Å². The van der Waals surface area contributed by atoms with Crippen LogP contribution in [0.25, 0.3) is 0 Å². The molecule has 2 N–H and O–H groups in total. The summed E-state index contributed by atoms with van der Waals surface area (Å²) >= 11 is 0. The Hall–Kier alpha value is -0.0800. The largest absolute Gasteiger partial charge is 0.316 e. The molecular weight excluding hydrogens is 220 g/mol. The van der Waals surface area contributed by atoms with Gasteiger partial charge in [-0.05, 0) is 43.7 Å². The Balaban J connectivity index is 2.25. The number of unbranched alkanes of at least 4 members (excludes halogenated alkanes) is 1. The first-order chi connectivity index (χ1) is 8.76. The summed E-state index contributed by atoms with van der Waals surface area (Å²) in [4.78, 5) is 0. The van der Waals surface area contributed by atoms with Crippen molar-refractivity contribution in [3.63, 3.8) is 0 Å². The number of hydrogen-bond acceptors (Lipinski definition) is 2. The van der Waals surface area contributed by atoms with Crippen molar-refractivity contribution < 1.29 is 0 Å². The van der Waals surface area contributed by atoms with Crippen LogP contribution in [0.5, 0.6) is 0 Å². The molecule has 1 saturated heterocycles. The van der Waals surface area contributed by atoms with Gasteiger partial charge in [-0.15, -0.1) is 0 Å². The van der Waals surface area contributed by atoms with Crippen molar-refractivity contribution in [1.82, 2.24) is 10.6 Å². The molecule has 0 radical (unpaired) electrons. The maximum Gasteiger partial charge on any atom is 0.00206 e. The third kappa shape index (κ3) is 5.27. The maximum absolute atomic E-state index is 3.77. The smallest absolute Gasteiger partial charge is 0.00206 e. The minimum absolute atomic E-state index is 0.553. The van der Waals surface area contributed by atoms with Gasteiger partial charge in [-0.25, -0.2) is 0 Å².